The van der Waals surface area contributed by atoms with Gasteiger partial charge in [0.2, 0.25) is 0 Å². The van der Waals surface area contributed by atoms with Gasteiger partial charge in [0.1, 0.15) is 11.6 Å². The fourth-order valence-electron chi connectivity index (χ4n) is 3.46. The van der Waals surface area contributed by atoms with Crippen LogP contribution in [0.4, 0.5) is 8.78 Å². The molecular formula is C23H16F2N2O2. The molecule has 0 aliphatic rings. The molecule has 6 heteroatoms. The molecular weight excluding hydrogens is 374 g/mol. The van der Waals surface area contributed by atoms with E-state index in [0.717, 1.165) is 0 Å². The average Bonchev–Trinajstić information content (AvgIpc) is 2.73. The highest BCUT2D eigenvalue weighted by Crippen LogP contribution is 2.32. The maximum Gasteiger partial charge on any atom is 0.275 e. The lowest BCUT2D eigenvalue weighted by Crippen LogP contribution is -2.21. The molecule has 0 aliphatic heterocycles. The van der Waals surface area contributed by atoms with Gasteiger partial charge in [0.15, 0.2) is 0 Å². The first-order chi connectivity index (χ1) is 14.0. The van der Waals surface area contributed by atoms with E-state index in [9.17, 15) is 13.6 Å². The number of nitrogens with one attached hydrogen (secondary N) is 1. The first kappa shape index (κ1) is 18.7. The van der Waals surface area contributed by atoms with Gasteiger partial charge in [-0.15, -0.1) is 0 Å². The van der Waals surface area contributed by atoms with Gasteiger partial charge in [-0.3, -0.25) is 10.0 Å². The van der Waals surface area contributed by atoms with E-state index >= 15 is 0 Å². The Morgan fingerprint density at radius 2 is 1.66 bits per heavy atom. The number of hydrogen-bond acceptors (Lipinski definition) is 3. The van der Waals surface area contributed by atoms with Gasteiger partial charge in [-0.05, 0) is 42.3 Å². The normalized spacial score (nSPS) is 10.9. The lowest BCUT2D eigenvalue weighted by Gasteiger charge is -2.14. The number of nitrogens with zero attached hydrogens (tertiary/aromatic N) is 1. The van der Waals surface area contributed by atoms with E-state index in [1.807, 2.05) is 0 Å². The van der Waals surface area contributed by atoms with Crippen molar-refractivity contribution in [1.29, 1.82) is 0 Å². The van der Waals surface area contributed by atoms with Crippen molar-refractivity contribution in [2.45, 2.75) is 6.92 Å². The van der Waals surface area contributed by atoms with E-state index in [1.165, 1.54) is 24.3 Å². The van der Waals surface area contributed by atoms with Gasteiger partial charge >= 0.3 is 0 Å². The van der Waals surface area contributed by atoms with Gasteiger partial charge in [-0.1, -0.05) is 42.5 Å². The third-order valence-corrected chi connectivity index (χ3v) is 4.86. The predicted molar refractivity (Wildman–Crippen MR) is 107 cm³/mol. The summed E-state index contributed by atoms with van der Waals surface area (Å²) in [6, 6.07) is 17.6. The van der Waals surface area contributed by atoms with Crippen LogP contribution in [0, 0.1) is 18.6 Å². The quantitative estimate of drug-likeness (QED) is 0.370. The lowest BCUT2D eigenvalue weighted by atomic mass is 9.96. The molecule has 0 aliphatic carbocycles. The molecule has 29 heavy (non-hydrogen) atoms. The second-order valence-corrected chi connectivity index (χ2v) is 6.62. The van der Waals surface area contributed by atoms with E-state index in [1.54, 1.807) is 54.9 Å². The summed E-state index contributed by atoms with van der Waals surface area (Å²) in [5, 5.41) is 9.45. The number of pyridine rings is 1. The van der Waals surface area contributed by atoms with E-state index < -0.39 is 11.7 Å². The summed E-state index contributed by atoms with van der Waals surface area (Å²) in [5.74, 6) is -1.57. The molecule has 0 spiro atoms. The van der Waals surface area contributed by atoms with Gasteiger partial charge in [-0.2, -0.15) is 0 Å². The zero-order valence-corrected chi connectivity index (χ0v) is 15.4. The highest BCUT2D eigenvalue weighted by atomic mass is 19.1. The van der Waals surface area contributed by atoms with Crippen molar-refractivity contribution in [3.05, 3.63) is 89.5 Å². The molecule has 3 aromatic carbocycles. The fraction of sp³-hybridized carbons (Fsp3) is 0.0435. The average molecular weight is 390 g/mol. The number of amides is 1. The molecule has 1 heterocycles. The molecule has 1 amide bonds. The highest BCUT2D eigenvalue weighted by Gasteiger charge is 2.19. The molecule has 0 saturated carbocycles. The Bertz CT molecular complexity index is 1240. The Kier molecular flexibility index (Phi) is 4.78. The Morgan fingerprint density at radius 1 is 0.966 bits per heavy atom. The van der Waals surface area contributed by atoms with E-state index in [0.29, 0.717) is 38.9 Å². The second kappa shape index (κ2) is 7.41. The first-order valence-corrected chi connectivity index (χ1v) is 8.89. The summed E-state index contributed by atoms with van der Waals surface area (Å²) in [5.41, 5.74) is 5.09. The Hall–Kier alpha value is -3.64. The van der Waals surface area contributed by atoms with Gasteiger partial charge in [0.25, 0.3) is 5.91 Å². The maximum atomic E-state index is 14.0. The van der Waals surface area contributed by atoms with Crippen LogP contribution >= 0.6 is 0 Å². The smallest absolute Gasteiger partial charge is 0.275 e. The number of aromatic nitrogens is 1. The number of rotatable bonds is 3. The van der Waals surface area contributed by atoms with Crippen molar-refractivity contribution in [3.63, 3.8) is 0 Å². The molecule has 1 aromatic heterocycles. The van der Waals surface area contributed by atoms with Crippen molar-refractivity contribution in [2.24, 2.45) is 0 Å². The predicted octanol–water partition coefficient (Wildman–Crippen LogP) is 5.27. The van der Waals surface area contributed by atoms with Crippen LogP contribution < -0.4 is 5.48 Å². The lowest BCUT2D eigenvalue weighted by molar-refractivity contribution is 0.0707. The van der Waals surface area contributed by atoms with Crippen LogP contribution in [0.2, 0.25) is 0 Å². The molecule has 0 fully saturated rings. The first-order valence-electron chi connectivity index (χ1n) is 8.89. The summed E-state index contributed by atoms with van der Waals surface area (Å²) in [4.78, 5) is 16.8. The zero-order chi connectivity index (χ0) is 20.5. The standard InChI is InChI=1S/C23H16F2N2O2/c1-13-21(23(28)27-29)18-12-16(24)10-11-20(18)26-22(13)15-8-6-14(7-9-15)17-4-2-3-5-19(17)25/h2-12,29H,1H3,(H,27,28). The van der Waals surface area contributed by atoms with Crippen LogP contribution in [-0.2, 0) is 0 Å². The van der Waals surface area contributed by atoms with Gasteiger partial charge in [0, 0.05) is 16.5 Å². The second-order valence-electron chi connectivity index (χ2n) is 6.62. The van der Waals surface area contributed by atoms with Crippen molar-refractivity contribution in [2.75, 3.05) is 0 Å². The SMILES string of the molecule is Cc1c(-c2ccc(-c3ccccc3F)cc2)nc2ccc(F)cc2c1C(=O)NO. The van der Waals surface area contributed by atoms with E-state index in [4.69, 9.17) is 5.21 Å². The van der Waals surface area contributed by atoms with Gasteiger partial charge in [-0.25, -0.2) is 19.2 Å². The maximum absolute atomic E-state index is 14.0. The number of halogens is 2. The van der Waals surface area contributed by atoms with Crippen LogP contribution in [-0.4, -0.2) is 16.1 Å². The Balaban J connectivity index is 1.88. The monoisotopic (exact) mass is 390 g/mol. The molecule has 0 atom stereocenters. The minimum atomic E-state index is -0.746. The highest BCUT2D eigenvalue weighted by molar-refractivity contribution is 6.08. The van der Waals surface area contributed by atoms with Crippen LogP contribution in [0.5, 0.6) is 0 Å². The Labute approximate surface area is 165 Å². The summed E-state index contributed by atoms with van der Waals surface area (Å²) in [6.45, 7) is 1.68. The molecule has 4 rings (SSSR count). The summed E-state index contributed by atoms with van der Waals surface area (Å²) in [6.07, 6.45) is 0. The number of carbonyl (C=O) groups excluding carboxylic acids is 1. The summed E-state index contributed by atoms with van der Waals surface area (Å²) < 4.78 is 27.8. The number of hydrogen-bond donors (Lipinski definition) is 2. The minimum absolute atomic E-state index is 0.144. The summed E-state index contributed by atoms with van der Waals surface area (Å²) in [7, 11) is 0. The number of fused-ring (bicyclic) bond motifs is 1. The van der Waals surface area contributed by atoms with Crippen LogP contribution in [0.25, 0.3) is 33.3 Å². The third kappa shape index (κ3) is 3.34. The molecule has 144 valence electrons. The molecule has 4 aromatic rings. The van der Waals surface area contributed by atoms with Gasteiger partial charge < -0.3 is 0 Å². The van der Waals surface area contributed by atoms with Crippen LogP contribution in [0.15, 0.2) is 66.7 Å². The van der Waals surface area contributed by atoms with Crippen LogP contribution in [0.3, 0.4) is 0 Å². The third-order valence-electron chi connectivity index (χ3n) is 4.86. The Morgan fingerprint density at radius 3 is 2.34 bits per heavy atom. The van der Waals surface area contributed by atoms with E-state index in [-0.39, 0.29) is 11.4 Å². The molecule has 0 bridgehead atoms. The topological polar surface area (TPSA) is 62.2 Å². The number of benzene rings is 3. The molecule has 0 unspecified atom stereocenters. The minimum Gasteiger partial charge on any atom is -0.288 e. The fourth-order valence-corrected chi connectivity index (χ4v) is 3.46. The van der Waals surface area contributed by atoms with Crippen molar-refractivity contribution >= 4 is 16.8 Å². The molecule has 2 N–H and O–H groups in total. The number of hydroxylamine groups is 1. The van der Waals surface area contributed by atoms with Crippen molar-refractivity contribution in [1.82, 2.24) is 10.5 Å². The van der Waals surface area contributed by atoms with E-state index in [2.05, 4.69) is 4.98 Å². The van der Waals surface area contributed by atoms with Crippen LogP contribution in [0.1, 0.15) is 15.9 Å². The summed E-state index contributed by atoms with van der Waals surface area (Å²) >= 11 is 0. The zero-order valence-electron chi connectivity index (χ0n) is 15.4. The van der Waals surface area contributed by atoms with Crippen molar-refractivity contribution in [3.8, 4) is 22.4 Å². The molecule has 0 saturated heterocycles. The van der Waals surface area contributed by atoms with Crippen molar-refractivity contribution < 1.29 is 18.8 Å². The molecule has 4 nitrogen and oxygen atoms in total. The largest absolute Gasteiger partial charge is 0.288 e. The van der Waals surface area contributed by atoms with Gasteiger partial charge in [0.05, 0.1) is 16.8 Å². The number of carbonyl (C=O) groups is 1. The molecule has 0 radical (unpaired) electrons.